The van der Waals surface area contributed by atoms with Gasteiger partial charge in [-0.05, 0) is 17.9 Å². The van der Waals surface area contributed by atoms with Gasteiger partial charge in [0.2, 0.25) is 0 Å². The van der Waals surface area contributed by atoms with Crippen LogP contribution < -0.4 is 5.73 Å². The van der Waals surface area contributed by atoms with Crippen LogP contribution in [0, 0.1) is 0 Å². The quantitative estimate of drug-likeness (QED) is 0.574. The van der Waals surface area contributed by atoms with Gasteiger partial charge < -0.3 is 10.5 Å². The van der Waals surface area contributed by atoms with E-state index in [4.69, 9.17) is 10.5 Å². The molecule has 0 amide bonds. The van der Waals surface area contributed by atoms with Gasteiger partial charge >= 0.3 is 5.97 Å². The van der Waals surface area contributed by atoms with Gasteiger partial charge in [-0.25, -0.2) is 0 Å². The SMILES string of the molecule is CCSCCCOC(=O)Cn1cc(N)cn1. The Morgan fingerprint density at radius 2 is 2.50 bits per heavy atom. The van der Waals surface area contributed by atoms with Gasteiger partial charge in [0.15, 0.2) is 0 Å². The minimum absolute atomic E-state index is 0.123. The second-order valence-electron chi connectivity index (χ2n) is 3.24. The molecular weight excluding hydrogens is 226 g/mol. The molecule has 0 aliphatic heterocycles. The zero-order chi connectivity index (χ0) is 11.8. The summed E-state index contributed by atoms with van der Waals surface area (Å²) in [5.41, 5.74) is 6.02. The summed E-state index contributed by atoms with van der Waals surface area (Å²) in [7, 11) is 0. The van der Waals surface area contributed by atoms with E-state index >= 15 is 0 Å². The number of nitrogens with two attached hydrogens (primary N) is 1. The van der Waals surface area contributed by atoms with Gasteiger partial charge in [-0.15, -0.1) is 0 Å². The summed E-state index contributed by atoms with van der Waals surface area (Å²) in [6.45, 7) is 2.71. The number of rotatable bonds is 7. The summed E-state index contributed by atoms with van der Waals surface area (Å²) < 4.78 is 6.52. The van der Waals surface area contributed by atoms with Crippen molar-refractivity contribution in [3.05, 3.63) is 12.4 Å². The van der Waals surface area contributed by atoms with Crippen LogP contribution >= 0.6 is 11.8 Å². The second kappa shape index (κ2) is 7.16. The molecular formula is C10H17N3O2S. The average molecular weight is 243 g/mol. The first-order chi connectivity index (χ1) is 7.72. The van der Waals surface area contributed by atoms with Gasteiger partial charge in [0, 0.05) is 6.20 Å². The molecule has 0 spiro atoms. The van der Waals surface area contributed by atoms with E-state index in [1.807, 2.05) is 11.8 Å². The first-order valence-corrected chi connectivity index (χ1v) is 6.39. The maximum atomic E-state index is 11.3. The number of nitrogens with zero attached hydrogens (tertiary/aromatic N) is 2. The summed E-state index contributed by atoms with van der Waals surface area (Å²) in [5.74, 6) is 1.85. The predicted octanol–water partition coefficient (Wildman–Crippen LogP) is 1.15. The summed E-state index contributed by atoms with van der Waals surface area (Å²) >= 11 is 1.84. The van der Waals surface area contributed by atoms with Crippen molar-refractivity contribution in [1.29, 1.82) is 0 Å². The summed E-state index contributed by atoms with van der Waals surface area (Å²) in [5, 5.41) is 3.90. The summed E-state index contributed by atoms with van der Waals surface area (Å²) in [6, 6.07) is 0. The molecule has 16 heavy (non-hydrogen) atoms. The van der Waals surface area contributed by atoms with Crippen LogP contribution in [0.5, 0.6) is 0 Å². The first-order valence-electron chi connectivity index (χ1n) is 5.23. The van der Waals surface area contributed by atoms with Crippen LogP contribution in [0.3, 0.4) is 0 Å². The fourth-order valence-electron chi connectivity index (χ4n) is 1.14. The molecule has 1 heterocycles. The molecule has 0 unspecified atom stereocenters. The van der Waals surface area contributed by atoms with Crippen molar-refractivity contribution in [3.8, 4) is 0 Å². The molecule has 2 N–H and O–H groups in total. The first kappa shape index (κ1) is 12.9. The Hall–Kier alpha value is -1.17. The lowest BCUT2D eigenvalue weighted by Gasteiger charge is -2.04. The fourth-order valence-corrected chi connectivity index (χ4v) is 1.75. The Kier molecular flexibility index (Phi) is 5.77. The Morgan fingerprint density at radius 3 is 3.12 bits per heavy atom. The van der Waals surface area contributed by atoms with Crippen LogP contribution in [0.15, 0.2) is 12.4 Å². The monoisotopic (exact) mass is 243 g/mol. The number of thioether (sulfide) groups is 1. The normalized spacial score (nSPS) is 10.3. The summed E-state index contributed by atoms with van der Waals surface area (Å²) in [6.07, 6.45) is 4.00. The van der Waals surface area contributed by atoms with Crippen molar-refractivity contribution < 1.29 is 9.53 Å². The second-order valence-corrected chi connectivity index (χ2v) is 4.64. The molecule has 6 heteroatoms. The van der Waals surface area contributed by atoms with Crippen molar-refractivity contribution >= 4 is 23.4 Å². The van der Waals surface area contributed by atoms with Crippen LogP contribution in [0.4, 0.5) is 5.69 Å². The zero-order valence-electron chi connectivity index (χ0n) is 9.39. The molecule has 0 atom stereocenters. The minimum atomic E-state index is -0.274. The number of carbonyl (C=O) groups is 1. The topological polar surface area (TPSA) is 70.1 Å². The highest BCUT2D eigenvalue weighted by atomic mass is 32.2. The molecule has 0 fully saturated rings. The molecule has 1 rings (SSSR count). The number of hydrogen-bond donors (Lipinski definition) is 1. The molecule has 0 aromatic carbocycles. The van der Waals surface area contributed by atoms with E-state index in [2.05, 4.69) is 12.0 Å². The number of esters is 1. The molecule has 0 radical (unpaired) electrons. The highest BCUT2D eigenvalue weighted by Crippen LogP contribution is 2.01. The average Bonchev–Trinajstić information content (AvgIpc) is 2.63. The van der Waals surface area contributed by atoms with Gasteiger partial charge in [0.1, 0.15) is 6.54 Å². The van der Waals surface area contributed by atoms with Crippen molar-refractivity contribution in [1.82, 2.24) is 9.78 Å². The molecule has 1 aromatic heterocycles. The van der Waals surface area contributed by atoms with E-state index in [-0.39, 0.29) is 12.5 Å². The maximum Gasteiger partial charge on any atom is 0.327 e. The van der Waals surface area contributed by atoms with Gasteiger partial charge in [0.05, 0.1) is 18.5 Å². The number of hydrogen-bond acceptors (Lipinski definition) is 5. The van der Waals surface area contributed by atoms with Crippen LogP contribution in [0.25, 0.3) is 0 Å². The smallest absolute Gasteiger partial charge is 0.327 e. The van der Waals surface area contributed by atoms with E-state index in [0.717, 1.165) is 17.9 Å². The third kappa shape index (κ3) is 5.06. The molecule has 90 valence electrons. The van der Waals surface area contributed by atoms with Gasteiger partial charge in [-0.3, -0.25) is 9.48 Å². The van der Waals surface area contributed by atoms with Crippen LogP contribution in [-0.2, 0) is 16.1 Å². The van der Waals surface area contributed by atoms with E-state index in [0.29, 0.717) is 12.3 Å². The Bertz CT molecular complexity index is 328. The number of ether oxygens (including phenoxy) is 1. The van der Waals surface area contributed by atoms with Crippen molar-refractivity contribution in [2.24, 2.45) is 0 Å². The van der Waals surface area contributed by atoms with E-state index in [1.54, 1.807) is 6.20 Å². The fraction of sp³-hybridized carbons (Fsp3) is 0.600. The van der Waals surface area contributed by atoms with Crippen LogP contribution in [-0.4, -0.2) is 33.9 Å². The Morgan fingerprint density at radius 1 is 1.69 bits per heavy atom. The predicted molar refractivity (Wildman–Crippen MR) is 65.2 cm³/mol. The van der Waals surface area contributed by atoms with Crippen LogP contribution in [0.2, 0.25) is 0 Å². The highest BCUT2D eigenvalue weighted by molar-refractivity contribution is 7.99. The van der Waals surface area contributed by atoms with E-state index in [1.165, 1.54) is 10.9 Å². The number of anilines is 1. The third-order valence-corrected chi connectivity index (χ3v) is 2.83. The van der Waals surface area contributed by atoms with Gasteiger partial charge in [0.25, 0.3) is 0 Å². The number of aromatic nitrogens is 2. The largest absolute Gasteiger partial charge is 0.464 e. The lowest BCUT2D eigenvalue weighted by Crippen LogP contribution is -2.14. The Balaban J connectivity index is 2.11. The number of nitrogen functional groups attached to an aromatic ring is 1. The lowest BCUT2D eigenvalue weighted by atomic mass is 10.5. The van der Waals surface area contributed by atoms with Crippen molar-refractivity contribution in [3.63, 3.8) is 0 Å². The van der Waals surface area contributed by atoms with Gasteiger partial charge in [-0.2, -0.15) is 16.9 Å². The van der Waals surface area contributed by atoms with E-state index in [9.17, 15) is 4.79 Å². The molecule has 5 nitrogen and oxygen atoms in total. The number of carbonyl (C=O) groups excluding carboxylic acids is 1. The highest BCUT2D eigenvalue weighted by Gasteiger charge is 2.04. The van der Waals surface area contributed by atoms with Crippen molar-refractivity contribution in [2.45, 2.75) is 19.9 Å². The molecule has 0 saturated carbocycles. The minimum Gasteiger partial charge on any atom is -0.464 e. The zero-order valence-corrected chi connectivity index (χ0v) is 10.2. The molecule has 0 bridgehead atoms. The third-order valence-electron chi connectivity index (χ3n) is 1.84. The summed E-state index contributed by atoms with van der Waals surface area (Å²) in [4.78, 5) is 11.3. The van der Waals surface area contributed by atoms with E-state index < -0.39 is 0 Å². The van der Waals surface area contributed by atoms with Gasteiger partial charge in [-0.1, -0.05) is 6.92 Å². The Labute approximate surface area is 99.3 Å². The van der Waals surface area contributed by atoms with Crippen molar-refractivity contribution in [2.75, 3.05) is 23.8 Å². The maximum absolute atomic E-state index is 11.3. The van der Waals surface area contributed by atoms with Crippen LogP contribution in [0.1, 0.15) is 13.3 Å². The standard InChI is InChI=1S/C10H17N3O2S/c1-2-16-5-3-4-15-10(14)8-13-7-9(11)6-12-13/h6-7H,2-5,8,11H2,1H3. The molecule has 1 aromatic rings. The molecule has 0 aliphatic rings. The molecule has 0 saturated heterocycles. The molecule has 0 aliphatic carbocycles. The lowest BCUT2D eigenvalue weighted by molar-refractivity contribution is -0.144.